The fourth-order valence-corrected chi connectivity index (χ4v) is 2.35. The number of thioether (sulfide) groups is 1. The van der Waals surface area contributed by atoms with E-state index in [9.17, 15) is 0 Å². The van der Waals surface area contributed by atoms with Crippen molar-refractivity contribution in [2.45, 2.75) is 5.16 Å². The van der Waals surface area contributed by atoms with Gasteiger partial charge < -0.3 is 4.74 Å². The first-order chi connectivity index (χ1) is 8.72. The summed E-state index contributed by atoms with van der Waals surface area (Å²) in [5, 5.41) is 12.4. The normalized spacial score (nSPS) is 10.3. The van der Waals surface area contributed by atoms with Crippen LogP contribution in [-0.4, -0.2) is 33.1 Å². The summed E-state index contributed by atoms with van der Waals surface area (Å²) in [7, 11) is 1.62. The number of nitrogens with zero attached hydrogens (tertiary/aromatic N) is 4. The summed E-state index contributed by atoms with van der Waals surface area (Å²) in [6.07, 6.45) is 0. The SMILES string of the molecule is C=C(Br)CSc1nnnn1-c1ccccc1OC. The molecule has 0 aliphatic carbocycles. The molecule has 0 radical (unpaired) electrons. The molecule has 1 heterocycles. The van der Waals surface area contributed by atoms with E-state index in [0.29, 0.717) is 10.9 Å². The van der Waals surface area contributed by atoms with Gasteiger partial charge in [0.05, 0.1) is 7.11 Å². The average Bonchev–Trinajstić information content (AvgIpc) is 2.84. The van der Waals surface area contributed by atoms with Crippen LogP contribution in [0.5, 0.6) is 5.75 Å². The highest BCUT2D eigenvalue weighted by Crippen LogP contribution is 2.26. The van der Waals surface area contributed by atoms with E-state index in [1.165, 1.54) is 11.8 Å². The molecule has 1 aromatic carbocycles. The van der Waals surface area contributed by atoms with Gasteiger partial charge in [0.1, 0.15) is 11.4 Å². The van der Waals surface area contributed by atoms with Gasteiger partial charge in [0.25, 0.3) is 0 Å². The molecule has 0 aliphatic heterocycles. The third-order valence-corrected chi connectivity index (χ3v) is 3.77. The van der Waals surface area contributed by atoms with E-state index in [0.717, 1.165) is 15.9 Å². The Bertz CT molecular complexity index is 557. The van der Waals surface area contributed by atoms with Crippen LogP contribution in [0.25, 0.3) is 5.69 Å². The minimum absolute atomic E-state index is 0.695. The van der Waals surface area contributed by atoms with Crippen molar-refractivity contribution in [3.05, 3.63) is 35.3 Å². The zero-order valence-electron chi connectivity index (χ0n) is 9.71. The van der Waals surface area contributed by atoms with Crippen molar-refractivity contribution in [1.82, 2.24) is 20.2 Å². The lowest BCUT2D eigenvalue weighted by Gasteiger charge is -2.08. The first-order valence-electron chi connectivity index (χ1n) is 5.10. The molecule has 0 spiro atoms. The van der Waals surface area contributed by atoms with Crippen molar-refractivity contribution in [1.29, 1.82) is 0 Å². The molecule has 7 heteroatoms. The molecule has 0 atom stereocenters. The number of ether oxygens (including phenoxy) is 1. The number of halogens is 1. The summed E-state index contributed by atoms with van der Waals surface area (Å²) in [6, 6.07) is 7.59. The molecule has 0 amide bonds. The minimum Gasteiger partial charge on any atom is -0.494 e. The zero-order chi connectivity index (χ0) is 13.0. The van der Waals surface area contributed by atoms with Gasteiger partial charge in [-0.25, -0.2) is 0 Å². The first-order valence-corrected chi connectivity index (χ1v) is 6.88. The second-order valence-electron chi connectivity index (χ2n) is 3.35. The van der Waals surface area contributed by atoms with Gasteiger partial charge in [-0.15, -0.1) is 5.10 Å². The second kappa shape index (κ2) is 6.01. The van der Waals surface area contributed by atoms with E-state index in [2.05, 4.69) is 38.0 Å². The van der Waals surface area contributed by atoms with Crippen molar-refractivity contribution in [2.75, 3.05) is 12.9 Å². The van der Waals surface area contributed by atoms with Crippen LogP contribution < -0.4 is 4.74 Å². The molecule has 0 saturated heterocycles. The fraction of sp³-hybridized carbons (Fsp3) is 0.182. The van der Waals surface area contributed by atoms with Crippen LogP contribution in [0.3, 0.4) is 0 Å². The lowest BCUT2D eigenvalue weighted by molar-refractivity contribution is 0.410. The lowest BCUT2D eigenvalue weighted by Crippen LogP contribution is -2.01. The highest BCUT2D eigenvalue weighted by Gasteiger charge is 2.12. The molecule has 0 fully saturated rings. The number of aromatic nitrogens is 4. The predicted molar refractivity (Wildman–Crippen MR) is 74.5 cm³/mol. The average molecular weight is 327 g/mol. The van der Waals surface area contributed by atoms with Gasteiger partial charge in [0.15, 0.2) is 0 Å². The monoisotopic (exact) mass is 326 g/mol. The summed E-state index contributed by atoms with van der Waals surface area (Å²) in [5.74, 6) is 1.43. The first kappa shape index (κ1) is 13.1. The molecule has 0 unspecified atom stereocenters. The smallest absolute Gasteiger partial charge is 0.214 e. The molecule has 18 heavy (non-hydrogen) atoms. The van der Waals surface area contributed by atoms with Gasteiger partial charge >= 0.3 is 0 Å². The highest BCUT2D eigenvalue weighted by atomic mass is 79.9. The number of para-hydroxylation sites is 2. The molecule has 2 aromatic rings. The quantitative estimate of drug-likeness (QED) is 0.791. The summed E-state index contributed by atoms with van der Waals surface area (Å²) in [6.45, 7) is 3.78. The molecule has 0 bridgehead atoms. The van der Waals surface area contributed by atoms with Crippen LogP contribution in [0.1, 0.15) is 0 Å². The van der Waals surface area contributed by atoms with E-state index in [4.69, 9.17) is 4.74 Å². The van der Waals surface area contributed by atoms with Gasteiger partial charge in [0.2, 0.25) is 5.16 Å². The van der Waals surface area contributed by atoms with E-state index in [-0.39, 0.29) is 0 Å². The molecule has 0 aliphatic rings. The van der Waals surface area contributed by atoms with Crippen LogP contribution in [0.15, 0.2) is 40.5 Å². The Morgan fingerprint density at radius 1 is 1.50 bits per heavy atom. The Labute approximate surface area is 117 Å². The van der Waals surface area contributed by atoms with Crippen LogP contribution in [0.2, 0.25) is 0 Å². The number of rotatable bonds is 5. The van der Waals surface area contributed by atoms with Crippen LogP contribution >= 0.6 is 27.7 Å². The van der Waals surface area contributed by atoms with Crippen molar-refractivity contribution in [3.63, 3.8) is 0 Å². The summed E-state index contributed by atoms with van der Waals surface area (Å²) in [4.78, 5) is 0. The molecule has 5 nitrogen and oxygen atoms in total. The third-order valence-electron chi connectivity index (χ3n) is 2.11. The number of benzene rings is 1. The van der Waals surface area contributed by atoms with Crippen molar-refractivity contribution in [2.24, 2.45) is 0 Å². The number of hydrogen-bond donors (Lipinski definition) is 0. The summed E-state index contributed by atoms with van der Waals surface area (Å²) < 4.78 is 7.84. The number of hydrogen-bond acceptors (Lipinski definition) is 5. The minimum atomic E-state index is 0.695. The zero-order valence-corrected chi connectivity index (χ0v) is 12.1. The standard InChI is InChI=1S/C11H11BrN4OS/c1-8(12)7-18-11-13-14-15-16(11)9-5-3-4-6-10(9)17-2/h3-6H,1,7H2,2H3. The van der Waals surface area contributed by atoms with Crippen LogP contribution in [0.4, 0.5) is 0 Å². The van der Waals surface area contributed by atoms with Crippen LogP contribution in [-0.2, 0) is 0 Å². The second-order valence-corrected chi connectivity index (χ2v) is 5.42. The maximum atomic E-state index is 5.30. The Morgan fingerprint density at radius 2 is 2.28 bits per heavy atom. The Balaban J connectivity index is 2.33. The van der Waals surface area contributed by atoms with Gasteiger partial charge in [0, 0.05) is 5.75 Å². The molecular formula is C11H11BrN4OS. The van der Waals surface area contributed by atoms with Crippen molar-refractivity contribution in [3.8, 4) is 11.4 Å². The fourth-order valence-electron chi connectivity index (χ4n) is 1.37. The van der Waals surface area contributed by atoms with Crippen molar-refractivity contribution >= 4 is 27.7 Å². The largest absolute Gasteiger partial charge is 0.494 e. The van der Waals surface area contributed by atoms with E-state index in [1.807, 2.05) is 24.3 Å². The molecule has 1 aromatic heterocycles. The van der Waals surface area contributed by atoms with E-state index in [1.54, 1.807) is 11.8 Å². The molecule has 2 rings (SSSR count). The third kappa shape index (κ3) is 2.91. The summed E-state index contributed by atoms with van der Waals surface area (Å²) in [5.41, 5.74) is 0.813. The number of tetrazole rings is 1. The van der Waals surface area contributed by atoms with E-state index < -0.39 is 0 Å². The van der Waals surface area contributed by atoms with Crippen molar-refractivity contribution < 1.29 is 4.74 Å². The van der Waals surface area contributed by atoms with Crippen LogP contribution in [0, 0.1) is 0 Å². The van der Waals surface area contributed by atoms with Gasteiger partial charge in [-0.2, -0.15) is 4.68 Å². The van der Waals surface area contributed by atoms with Gasteiger partial charge in [-0.3, -0.25) is 0 Å². The predicted octanol–water partition coefficient (Wildman–Crippen LogP) is 2.67. The topological polar surface area (TPSA) is 52.8 Å². The van der Waals surface area contributed by atoms with E-state index >= 15 is 0 Å². The Hall–Kier alpha value is -1.34. The summed E-state index contributed by atoms with van der Waals surface area (Å²) >= 11 is 4.81. The highest BCUT2D eigenvalue weighted by molar-refractivity contribution is 9.11. The van der Waals surface area contributed by atoms with Gasteiger partial charge in [-0.05, 0) is 27.0 Å². The molecule has 0 saturated carbocycles. The number of methoxy groups -OCH3 is 1. The Morgan fingerprint density at radius 3 is 3.00 bits per heavy atom. The molecular weight excluding hydrogens is 316 g/mol. The molecule has 0 N–H and O–H groups in total. The van der Waals surface area contributed by atoms with Gasteiger partial charge in [-0.1, -0.05) is 46.4 Å². The lowest BCUT2D eigenvalue weighted by atomic mass is 10.3. The maximum Gasteiger partial charge on any atom is 0.214 e. The Kier molecular flexibility index (Phi) is 4.38. The maximum absolute atomic E-state index is 5.30. The molecule has 94 valence electrons.